The number of hydrogen-bond donors (Lipinski definition) is 1. The van der Waals surface area contributed by atoms with E-state index in [1.54, 1.807) is 17.8 Å². The topological polar surface area (TPSA) is 87.0 Å². The number of methoxy groups -OCH3 is 1. The second-order valence-electron chi connectivity index (χ2n) is 7.81. The molecule has 2 heterocycles. The fourth-order valence-electron chi connectivity index (χ4n) is 3.90. The minimum absolute atomic E-state index is 0.312. The molecule has 8 heteroatoms. The first-order valence-electron chi connectivity index (χ1n) is 10.3. The van der Waals surface area contributed by atoms with Gasteiger partial charge in [0.1, 0.15) is 11.3 Å². The van der Waals surface area contributed by atoms with E-state index in [9.17, 15) is 14.7 Å². The minimum atomic E-state index is -1.28. The highest BCUT2D eigenvalue weighted by Crippen LogP contribution is 2.42. The number of aryl methyl sites for hydroxylation is 1. The molecule has 1 aliphatic carbocycles. The van der Waals surface area contributed by atoms with Crippen LogP contribution in [0.3, 0.4) is 0 Å². The molecule has 2 unspecified atom stereocenters. The number of pyridine rings is 1. The quantitative estimate of drug-likeness (QED) is 0.630. The van der Waals surface area contributed by atoms with Gasteiger partial charge in [0.15, 0.2) is 11.7 Å². The van der Waals surface area contributed by atoms with Crippen molar-refractivity contribution in [3.8, 4) is 0 Å². The number of carboxylic acid groups (broad SMARTS) is 1. The van der Waals surface area contributed by atoms with Gasteiger partial charge in [-0.1, -0.05) is 41.4 Å². The Morgan fingerprint density at radius 3 is 2.72 bits per heavy atom. The van der Waals surface area contributed by atoms with E-state index < -0.39 is 23.7 Å². The van der Waals surface area contributed by atoms with Gasteiger partial charge in [-0.3, -0.25) is 4.79 Å². The molecule has 2 aliphatic rings. The number of allylic oxidation sites excluding steroid dienone is 2. The normalized spacial score (nSPS) is 19.8. The van der Waals surface area contributed by atoms with E-state index in [0.29, 0.717) is 36.1 Å². The molecular formula is C24H24ClNO6. The number of nitrogens with zero attached hydrogens (tertiary/aromatic N) is 1. The Bertz CT molecular complexity index is 1150. The van der Waals surface area contributed by atoms with Crippen LogP contribution < -0.4 is 5.43 Å². The second kappa shape index (κ2) is 9.32. The van der Waals surface area contributed by atoms with Crippen molar-refractivity contribution in [2.75, 3.05) is 20.3 Å². The number of halogens is 1. The first-order chi connectivity index (χ1) is 15.4. The predicted octanol–water partition coefficient (Wildman–Crippen LogP) is 4.09. The molecule has 0 bridgehead atoms. The Labute approximate surface area is 190 Å². The molecule has 0 spiro atoms. The zero-order valence-electron chi connectivity index (χ0n) is 17.8. The zero-order chi connectivity index (χ0) is 22.8. The molecule has 32 heavy (non-hydrogen) atoms. The first kappa shape index (κ1) is 22.3. The molecule has 0 amide bonds. The van der Waals surface area contributed by atoms with Gasteiger partial charge in [0.2, 0.25) is 0 Å². The molecular weight excluding hydrogens is 434 g/mol. The Balaban J connectivity index is 1.77. The third kappa shape index (κ3) is 4.37. The fraction of sp³-hybridized carbons (Fsp3) is 0.333. The zero-order valence-corrected chi connectivity index (χ0v) is 18.6. The summed E-state index contributed by atoms with van der Waals surface area (Å²) in [5.41, 5.74) is 2.37. The maximum atomic E-state index is 12.5. The molecule has 2 aromatic rings. The lowest BCUT2D eigenvalue weighted by atomic mass is 9.93. The van der Waals surface area contributed by atoms with Crippen molar-refractivity contribution in [1.82, 2.24) is 4.57 Å². The standard InChI is InChI=1S/C24H24ClNO6/c1-14-4-6-15(7-5-14)23-26-13-17(24(28)29)20(27)11-19(26)16-10-18(25)22(12-21(16)32-23)31-9-3-8-30-2/h4-7,10-11,13,21,23H,3,8-9,12H2,1-2H3,(H,28,29). The number of aromatic nitrogens is 1. The highest BCUT2D eigenvalue weighted by molar-refractivity contribution is 6.32. The van der Waals surface area contributed by atoms with Crippen LogP contribution in [0.15, 0.2) is 58.2 Å². The average molecular weight is 458 g/mol. The lowest BCUT2D eigenvalue weighted by molar-refractivity contribution is -0.0204. The van der Waals surface area contributed by atoms with Gasteiger partial charge >= 0.3 is 5.97 Å². The van der Waals surface area contributed by atoms with E-state index in [2.05, 4.69) is 0 Å². The number of carbonyl (C=O) groups is 1. The monoisotopic (exact) mass is 457 g/mol. The van der Waals surface area contributed by atoms with Gasteiger partial charge in [0.05, 0.1) is 23.4 Å². The molecule has 0 radical (unpaired) electrons. The summed E-state index contributed by atoms with van der Waals surface area (Å²) < 4.78 is 19.0. The molecule has 0 saturated carbocycles. The van der Waals surface area contributed by atoms with Crippen LogP contribution in [-0.4, -0.2) is 42.1 Å². The van der Waals surface area contributed by atoms with Crippen molar-refractivity contribution in [3.05, 3.63) is 86.0 Å². The lowest BCUT2D eigenvalue weighted by Gasteiger charge is -2.38. The molecule has 0 saturated heterocycles. The van der Waals surface area contributed by atoms with Crippen LogP contribution in [0.4, 0.5) is 0 Å². The van der Waals surface area contributed by atoms with Gasteiger partial charge < -0.3 is 23.9 Å². The molecule has 168 valence electrons. The van der Waals surface area contributed by atoms with Crippen molar-refractivity contribution in [3.63, 3.8) is 0 Å². The molecule has 4 rings (SSSR count). The lowest BCUT2D eigenvalue weighted by Crippen LogP contribution is -2.35. The summed E-state index contributed by atoms with van der Waals surface area (Å²) in [6, 6.07) is 9.15. The van der Waals surface area contributed by atoms with E-state index in [1.807, 2.05) is 31.2 Å². The third-order valence-corrected chi connectivity index (χ3v) is 5.87. The summed E-state index contributed by atoms with van der Waals surface area (Å²) >= 11 is 6.48. The Kier molecular flexibility index (Phi) is 6.50. The number of aromatic carboxylic acids is 1. The van der Waals surface area contributed by atoms with Crippen LogP contribution in [-0.2, 0) is 14.2 Å². The van der Waals surface area contributed by atoms with Crippen molar-refractivity contribution in [2.45, 2.75) is 32.1 Å². The van der Waals surface area contributed by atoms with E-state index in [0.717, 1.165) is 23.1 Å². The van der Waals surface area contributed by atoms with Gasteiger partial charge in [-0.2, -0.15) is 0 Å². The Morgan fingerprint density at radius 1 is 1.28 bits per heavy atom. The van der Waals surface area contributed by atoms with Crippen molar-refractivity contribution in [1.29, 1.82) is 0 Å². The summed E-state index contributed by atoms with van der Waals surface area (Å²) in [7, 11) is 1.64. The Morgan fingerprint density at radius 2 is 2.03 bits per heavy atom. The molecule has 1 aromatic heterocycles. The SMILES string of the molecule is COCCCOC1=C(Cl)C=C2c3cc(=O)c(C(=O)O)cn3C(c3ccc(C)cc3)OC2C1. The second-order valence-corrected chi connectivity index (χ2v) is 8.21. The third-order valence-electron chi connectivity index (χ3n) is 5.55. The average Bonchev–Trinajstić information content (AvgIpc) is 2.77. The molecule has 2 atom stereocenters. The van der Waals surface area contributed by atoms with Crippen molar-refractivity contribution >= 4 is 23.1 Å². The van der Waals surface area contributed by atoms with E-state index >= 15 is 0 Å². The Hall–Kier alpha value is -2.87. The van der Waals surface area contributed by atoms with Crippen molar-refractivity contribution < 1.29 is 24.1 Å². The summed E-state index contributed by atoms with van der Waals surface area (Å²) in [6.45, 7) is 3.04. The van der Waals surface area contributed by atoms with E-state index in [-0.39, 0.29) is 5.56 Å². The number of fused-ring (bicyclic) bond motifs is 3. The van der Waals surface area contributed by atoms with Crippen molar-refractivity contribution in [2.24, 2.45) is 0 Å². The highest BCUT2D eigenvalue weighted by Gasteiger charge is 2.36. The van der Waals surface area contributed by atoms with E-state index in [4.69, 9.17) is 25.8 Å². The molecule has 1 N–H and O–H groups in total. The van der Waals surface area contributed by atoms with Gasteiger partial charge in [-0.05, 0) is 13.0 Å². The van der Waals surface area contributed by atoms with Gasteiger partial charge in [-0.15, -0.1) is 0 Å². The van der Waals surface area contributed by atoms with Gasteiger partial charge in [-0.25, -0.2) is 4.79 Å². The molecule has 0 fully saturated rings. The fourth-order valence-corrected chi connectivity index (χ4v) is 4.15. The largest absolute Gasteiger partial charge is 0.496 e. The summed E-state index contributed by atoms with van der Waals surface area (Å²) in [5, 5.41) is 9.90. The van der Waals surface area contributed by atoms with Gasteiger partial charge in [0.25, 0.3) is 0 Å². The van der Waals surface area contributed by atoms with Crippen LogP contribution in [0.1, 0.15) is 46.2 Å². The molecule has 1 aliphatic heterocycles. The number of carboxylic acids is 1. The molecule has 1 aromatic carbocycles. The van der Waals surface area contributed by atoms with Crippen LogP contribution in [0.5, 0.6) is 0 Å². The van der Waals surface area contributed by atoms with Gasteiger partial charge in [0, 0.05) is 50.0 Å². The minimum Gasteiger partial charge on any atom is -0.496 e. The number of benzene rings is 1. The number of rotatable bonds is 7. The highest BCUT2D eigenvalue weighted by atomic mass is 35.5. The first-order valence-corrected chi connectivity index (χ1v) is 10.7. The summed E-state index contributed by atoms with van der Waals surface area (Å²) in [4.78, 5) is 24.1. The maximum absolute atomic E-state index is 12.5. The van der Waals surface area contributed by atoms with Crippen LogP contribution >= 0.6 is 11.6 Å². The van der Waals surface area contributed by atoms with Crippen LogP contribution in [0, 0.1) is 6.92 Å². The number of hydrogen-bond acceptors (Lipinski definition) is 5. The van der Waals surface area contributed by atoms with Crippen LogP contribution in [0.25, 0.3) is 5.57 Å². The maximum Gasteiger partial charge on any atom is 0.341 e. The van der Waals surface area contributed by atoms with E-state index in [1.165, 1.54) is 12.3 Å². The summed E-state index contributed by atoms with van der Waals surface area (Å²) in [6.07, 6.45) is 3.23. The summed E-state index contributed by atoms with van der Waals surface area (Å²) in [5.74, 6) is -0.658. The van der Waals surface area contributed by atoms with Crippen LogP contribution in [0.2, 0.25) is 0 Å². The number of ether oxygens (including phenoxy) is 3. The smallest absolute Gasteiger partial charge is 0.341 e. The predicted molar refractivity (Wildman–Crippen MR) is 120 cm³/mol. The molecule has 7 nitrogen and oxygen atoms in total.